The SMILES string of the molecule is COc1cccc(OC)c1C(=O)N1CCCC(c2nc3c(nnn3Cc3ccc(F)cc3)c(=O)[nH]2)C1. The number of likely N-dealkylation sites (tertiary alicyclic amines) is 1. The van der Waals surface area contributed by atoms with Gasteiger partial charge in [-0.15, -0.1) is 5.10 Å². The Bertz CT molecular complexity index is 1440. The number of carbonyl (C=O) groups is 1. The van der Waals surface area contributed by atoms with Gasteiger partial charge in [0.05, 0.1) is 20.8 Å². The van der Waals surface area contributed by atoms with Crippen LogP contribution in [0.5, 0.6) is 11.5 Å². The third-order valence-corrected chi connectivity index (χ3v) is 6.37. The third kappa shape index (κ3) is 4.39. The number of rotatable bonds is 6. The number of amides is 1. The van der Waals surface area contributed by atoms with Crippen molar-refractivity contribution in [2.45, 2.75) is 25.3 Å². The fourth-order valence-electron chi connectivity index (χ4n) is 4.55. The number of aromatic nitrogens is 5. The van der Waals surface area contributed by atoms with E-state index in [1.54, 1.807) is 35.2 Å². The number of piperidine rings is 1. The molecular weight excluding hydrogens is 467 g/mol. The molecule has 0 aliphatic carbocycles. The van der Waals surface area contributed by atoms with E-state index in [4.69, 9.17) is 9.47 Å². The minimum Gasteiger partial charge on any atom is -0.496 e. The van der Waals surface area contributed by atoms with Gasteiger partial charge in [-0.25, -0.2) is 14.1 Å². The number of methoxy groups -OCH3 is 2. The molecule has 3 heterocycles. The van der Waals surface area contributed by atoms with E-state index in [-0.39, 0.29) is 29.7 Å². The van der Waals surface area contributed by atoms with E-state index in [0.29, 0.717) is 41.6 Å². The molecule has 36 heavy (non-hydrogen) atoms. The quantitative estimate of drug-likeness (QED) is 0.440. The summed E-state index contributed by atoms with van der Waals surface area (Å²) < 4.78 is 25.6. The van der Waals surface area contributed by atoms with Crippen LogP contribution in [0, 0.1) is 5.82 Å². The number of carbonyl (C=O) groups excluding carboxylic acids is 1. The van der Waals surface area contributed by atoms with Gasteiger partial charge in [-0.05, 0) is 42.7 Å². The standard InChI is InChI=1S/C25H25FN6O4/c1-35-18-6-3-7-19(36-2)20(18)25(34)31-12-4-5-16(14-31)22-27-23-21(24(33)28-22)29-30-32(23)13-15-8-10-17(26)11-9-15/h3,6-11,16H,4-5,12-14H2,1-2H3,(H,27,28,33). The van der Waals surface area contributed by atoms with E-state index in [0.717, 1.165) is 18.4 Å². The molecule has 5 rings (SSSR count). The number of hydrogen-bond donors (Lipinski definition) is 1. The highest BCUT2D eigenvalue weighted by Crippen LogP contribution is 2.32. The smallest absolute Gasteiger partial charge is 0.281 e. The Labute approximate surface area is 205 Å². The Balaban J connectivity index is 1.44. The lowest BCUT2D eigenvalue weighted by Gasteiger charge is -2.32. The van der Waals surface area contributed by atoms with Crippen LogP contribution in [0.2, 0.25) is 0 Å². The maximum atomic E-state index is 13.5. The lowest BCUT2D eigenvalue weighted by Crippen LogP contribution is -2.40. The van der Waals surface area contributed by atoms with Crippen LogP contribution >= 0.6 is 0 Å². The van der Waals surface area contributed by atoms with Crippen molar-refractivity contribution in [3.63, 3.8) is 0 Å². The van der Waals surface area contributed by atoms with Crippen LogP contribution in [-0.2, 0) is 6.54 Å². The second-order valence-electron chi connectivity index (χ2n) is 8.62. The van der Waals surface area contributed by atoms with Crippen molar-refractivity contribution in [1.29, 1.82) is 0 Å². The minimum absolute atomic E-state index is 0.128. The zero-order valence-corrected chi connectivity index (χ0v) is 19.9. The molecule has 1 aliphatic rings. The maximum absolute atomic E-state index is 13.5. The zero-order chi connectivity index (χ0) is 25.2. The van der Waals surface area contributed by atoms with Gasteiger partial charge in [0.1, 0.15) is 28.7 Å². The van der Waals surface area contributed by atoms with E-state index in [1.807, 2.05) is 0 Å². The molecule has 1 unspecified atom stereocenters. The molecule has 11 heteroatoms. The van der Waals surface area contributed by atoms with Crippen molar-refractivity contribution in [2.75, 3.05) is 27.3 Å². The maximum Gasteiger partial charge on any atom is 0.281 e. The molecular formula is C25H25FN6O4. The number of nitrogens with zero attached hydrogens (tertiary/aromatic N) is 5. The Morgan fingerprint density at radius 2 is 1.86 bits per heavy atom. The largest absolute Gasteiger partial charge is 0.496 e. The molecule has 0 saturated carbocycles. The Morgan fingerprint density at radius 1 is 1.14 bits per heavy atom. The number of fused-ring (bicyclic) bond motifs is 1. The van der Waals surface area contributed by atoms with Crippen molar-refractivity contribution in [2.24, 2.45) is 0 Å². The monoisotopic (exact) mass is 492 g/mol. The van der Waals surface area contributed by atoms with Crippen LogP contribution in [-0.4, -0.2) is 63.1 Å². The molecule has 1 atom stereocenters. The molecule has 0 radical (unpaired) electrons. The molecule has 186 valence electrons. The summed E-state index contributed by atoms with van der Waals surface area (Å²) >= 11 is 0. The van der Waals surface area contributed by atoms with E-state index in [1.165, 1.54) is 31.0 Å². The average molecular weight is 493 g/mol. The number of hydrogen-bond acceptors (Lipinski definition) is 7. The summed E-state index contributed by atoms with van der Waals surface area (Å²) in [7, 11) is 3.02. The van der Waals surface area contributed by atoms with E-state index in [2.05, 4.69) is 20.3 Å². The molecule has 1 fully saturated rings. The van der Waals surface area contributed by atoms with Crippen LogP contribution in [0.3, 0.4) is 0 Å². The van der Waals surface area contributed by atoms with Gasteiger partial charge >= 0.3 is 0 Å². The van der Waals surface area contributed by atoms with Crippen LogP contribution in [0.15, 0.2) is 47.3 Å². The average Bonchev–Trinajstić information content (AvgIpc) is 3.32. The molecule has 1 saturated heterocycles. The van der Waals surface area contributed by atoms with Gasteiger partial charge in [0.25, 0.3) is 11.5 Å². The summed E-state index contributed by atoms with van der Waals surface area (Å²) in [5.41, 5.74) is 1.24. The van der Waals surface area contributed by atoms with E-state index in [9.17, 15) is 14.0 Å². The van der Waals surface area contributed by atoms with Crippen LogP contribution in [0.1, 0.15) is 40.5 Å². The van der Waals surface area contributed by atoms with Crippen molar-refractivity contribution in [3.8, 4) is 11.5 Å². The summed E-state index contributed by atoms with van der Waals surface area (Å²) in [6, 6.07) is 11.2. The summed E-state index contributed by atoms with van der Waals surface area (Å²) in [4.78, 5) is 35.5. The Kier molecular flexibility index (Phi) is 6.36. The summed E-state index contributed by atoms with van der Waals surface area (Å²) in [6.45, 7) is 1.22. The van der Waals surface area contributed by atoms with E-state index < -0.39 is 5.56 Å². The zero-order valence-electron chi connectivity index (χ0n) is 19.9. The predicted octanol–water partition coefficient (Wildman–Crippen LogP) is 2.74. The normalized spacial score (nSPS) is 15.8. The second kappa shape index (κ2) is 9.76. The van der Waals surface area contributed by atoms with Crippen LogP contribution < -0.4 is 15.0 Å². The first-order valence-corrected chi connectivity index (χ1v) is 11.6. The van der Waals surface area contributed by atoms with Gasteiger partial charge < -0.3 is 19.4 Å². The van der Waals surface area contributed by atoms with Crippen molar-refractivity contribution < 1.29 is 18.7 Å². The highest BCUT2D eigenvalue weighted by molar-refractivity contribution is 5.99. The minimum atomic E-state index is -0.393. The first-order valence-electron chi connectivity index (χ1n) is 11.6. The molecule has 4 aromatic rings. The molecule has 2 aromatic carbocycles. The lowest BCUT2D eigenvalue weighted by molar-refractivity contribution is 0.0697. The third-order valence-electron chi connectivity index (χ3n) is 6.37. The molecule has 0 bridgehead atoms. The van der Waals surface area contributed by atoms with Crippen LogP contribution in [0.4, 0.5) is 4.39 Å². The second-order valence-corrected chi connectivity index (χ2v) is 8.62. The van der Waals surface area contributed by atoms with Gasteiger partial charge in [0.15, 0.2) is 11.2 Å². The highest BCUT2D eigenvalue weighted by Gasteiger charge is 2.31. The van der Waals surface area contributed by atoms with Gasteiger partial charge in [-0.2, -0.15) is 0 Å². The number of nitrogens with one attached hydrogen (secondary N) is 1. The molecule has 1 N–H and O–H groups in total. The highest BCUT2D eigenvalue weighted by atomic mass is 19.1. The fourth-order valence-corrected chi connectivity index (χ4v) is 4.55. The number of aromatic amines is 1. The molecule has 2 aromatic heterocycles. The summed E-state index contributed by atoms with van der Waals surface area (Å²) in [5.74, 6) is 0.617. The van der Waals surface area contributed by atoms with Gasteiger partial charge in [0, 0.05) is 19.0 Å². The van der Waals surface area contributed by atoms with Crippen molar-refractivity contribution in [3.05, 3.63) is 75.6 Å². The summed E-state index contributed by atoms with van der Waals surface area (Å²) in [6.07, 6.45) is 1.49. The molecule has 0 spiro atoms. The molecule has 1 amide bonds. The predicted molar refractivity (Wildman–Crippen MR) is 129 cm³/mol. The van der Waals surface area contributed by atoms with Gasteiger partial charge in [-0.3, -0.25) is 9.59 Å². The molecule has 1 aliphatic heterocycles. The first kappa shape index (κ1) is 23.5. The van der Waals surface area contributed by atoms with Crippen LogP contribution in [0.25, 0.3) is 11.2 Å². The molecule has 10 nitrogen and oxygen atoms in total. The lowest BCUT2D eigenvalue weighted by atomic mass is 9.96. The Hall–Kier alpha value is -4.28. The number of halogens is 1. The number of benzene rings is 2. The fraction of sp³-hybridized carbons (Fsp3) is 0.320. The summed E-state index contributed by atoms with van der Waals surface area (Å²) in [5, 5.41) is 8.06. The van der Waals surface area contributed by atoms with Crippen molar-refractivity contribution >= 4 is 17.1 Å². The van der Waals surface area contributed by atoms with Gasteiger partial charge in [0.2, 0.25) is 0 Å². The number of H-pyrrole nitrogens is 1. The topological polar surface area (TPSA) is 115 Å². The number of ether oxygens (including phenoxy) is 2. The van der Waals surface area contributed by atoms with Crippen molar-refractivity contribution in [1.82, 2.24) is 29.9 Å². The van der Waals surface area contributed by atoms with E-state index >= 15 is 0 Å². The van der Waals surface area contributed by atoms with Gasteiger partial charge in [-0.1, -0.05) is 23.4 Å². The Morgan fingerprint density at radius 3 is 2.56 bits per heavy atom. The first-order chi connectivity index (χ1) is 17.5.